The number of nitrogens with one attached hydrogen (secondary N) is 1. The van der Waals surface area contributed by atoms with E-state index < -0.39 is 10.0 Å². The van der Waals surface area contributed by atoms with E-state index in [0.717, 1.165) is 12.8 Å². The molecule has 0 spiro atoms. The van der Waals surface area contributed by atoms with E-state index in [1.54, 1.807) is 12.1 Å². The van der Waals surface area contributed by atoms with E-state index in [1.165, 1.54) is 12.1 Å². The molecule has 0 atom stereocenters. The van der Waals surface area contributed by atoms with Gasteiger partial charge in [0.2, 0.25) is 10.0 Å². The van der Waals surface area contributed by atoms with Gasteiger partial charge in [0.05, 0.1) is 4.90 Å². The van der Waals surface area contributed by atoms with Crippen LogP contribution in [0.3, 0.4) is 0 Å². The van der Waals surface area contributed by atoms with Gasteiger partial charge in [0.25, 0.3) is 0 Å². The van der Waals surface area contributed by atoms with Crippen molar-refractivity contribution in [2.45, 2.75) is 17.7 Å². The number of hydrogen-bond acceptors (Lipinski definition) is 4. The van der Waals surface area contributed by atoms with Gasteiger partial charge in [-0.2, -0.15) is 0 Å². The van der Waals surface area contributed by atoms with E-state index in [-0.39, 0.29) is 9.88 Å². The van der Waals surface area contributed by atoms with Crippen LogP contribution in [-0.2, 0) is 14.8 Å². The predicted octanol–water partition coefficient (Wildman–Crippen LogP) is 1.03. The van der Waals surface area contributed by atoms with Gasteiger partial charge < -0.3 is 10.5 Å². The molecule has 1 heterocycles. The summed E-state index contributed by atoms with van der Waals surface area (Å²) in [4.78, 5) is 0.480. The first kappa shape index (κ1) is 15.4. The summed E-state index contributed by atoms with van der Waals surface area (Å²) < 4.78 is 32.2. The van der Waals surface area contributed by atoms with Gasteiger partial charge in [-0.25, -0.2) is 13.1 Å². The molecule has 1 aliphatic rings. The Bertz CT molecular complexity index is 564. The van der Waals surface area contributed by atoms with Crippen molar-refractivity contribution in [2.24, 2.45) is 11.7 Å². The maximum atomic E-state index is 12.1. The average Bonchev–Trinajstić information content (AvgIpc) is 2.46. The van der Waals surface area contributed by atoms with Crippen molar-refractivity contribution < 1.29 is 13.2 Å². The van der Waals surface area contributed by atoms with E-state index in [0.29, 0.717) is 31.2 Å². The fourth-order valence-corrected chi connectivity index (χ4v) is 3.31. The molecule has 1 aromatic carbocycles. The Morgan fingerprint density at radius 2 is 1.90 bits per heavy atom. The second-order valence-corrected chi connectivity index (χ2v) is 7.00. The summed E-state index contributed by atoms with van der Waals surface area (Å²) in [6.07, 6.45) is 1.78. The van der Waals surface area contributed by atoms with Crippen molar-refractivity contribution in [1.29, 1.82) is 0 Å². The molecule has 7 heteroatoms. The van der Waals surface area contributed by atoms with E-state index in [2.05, 4.69) is 4.72 Å². The lowest BCUT2D eigenvalue weighted by Crippen LogP contribution is -2.32. The third-order valence-electron chi connectivity index (χ3n) is 3.35. The molecule has 1 aromatic rings. The highest BCUT2D eigenvalue weighted by molar-refractivity contribution is 7.89. The fourth-order valence-electron chi connectivity index (χ4n) is 2.06. The Labute approximate surface area is 124 Å². The summed E-state index contributed by atoms with van der Waals surface area (Å²) in [5.41, 5.74) is 6.14. The molecule has 0 aliphatic carbocycles. The Morgan fingerprint density at radius 3 is 2.45 bits per heavy atom. The maximum absolute atomic E-state index is 12.1. The quantitative estimate of drug-likeness (QED) is 0.793. The zero-order valence-corrected chi connectivity index (χ0v) is 12.7. The number of thiocarbonyl (C=S) groups is 1. The second kappa shape index (κ2) is 6.62. The summed E-state index contributed by atoms with van der Waals surface area (Å²) >= 11 is 4.84. The van der Waals surface area contributed by atoms with Gasteiger partial charge in [-0.05, 0) is 30.9 Å². The molecule has 2 rings (SSSR count). The standard InChI is InChI=1S/C13H18N2O3S2/c14-13(19)11-1-3-12(4-2-11)20(16,17)15-9-10-5-7-18-8-6-10/h1-4,10,15H,5-9H2,(H2,14,19). The molecule has 3 N–H and O–H groups in total. The van der Waals surface area contributed by atoms with Crippen LogP contribution in [0.2, 0.25) is 0 Å². The van der Waals surface area contributed by atoms with Crippen LogP contribution in [0.25, 0.3) is 0 Å². The second-order valence-electron chi connectivity index (χ2n) is 4.80. The molecular weight excluding hydrogens is 296 g/mol. The molecule has 0 amide bonds. The molecular formula is C13H18N2O3S2. The van der Waals surface area contributed by atoms with Crippen LogP contribution in [0.4, 0.5) is 0 Å². The van der Waals surface area contributed by atoms with Crippen LogP contribution in [-0.4, -0.2) is 33.2 Å². The summed E-state index contributed by atoms with van der Waals surface area (Å²) in [5, 5.41) is 0. The lowest BCUT2D eigenvalue weighted by atomic mass is 10.0. The Hall–Kier alpha value is -1.02. The van der Waals surface area contributed by atoms with Crippen molar-refractivity contribution in [1.82, 2.24) is 4.72 Å². The van der Waals surface area contributed by atoms with E-state index in [4.69, 9.17) is 22.7 Å². The van der Waals surface area contributed by atoms with Crippen molar-refractivity contribution in [2.75, 3.05) is 19.8 Å². The highest BCUT2D eigenvalue weighted by atomic mass is 32.2. The molecule has 110 valence electrons. The van der Waals surface area contributed by atoms with Crippen LogP contribution >= 0.6 is 12.2 Å². The highest BCUT2D eigenvalue weighted by Crippen LogP contribution is 2.15. The van der Waals surface area contributed by atoms with Crippen molar-refractivity contribution in [3.63, 3.8) is 0 Å². The minimum absolute atomic E-state index is 0.226. The van der Waals surface area contributed by atoms with Gasteiger partial charge in [0.1, 0.15) is 4.99 Å². The lowest BCUT2D eigenvalue weighted by molar-refractivity contribution is 0.0678. The molecule has 5 nitrogen and oxygen atoms in total. The smallest absolute Gasteiger partial charge is 0.240 e. The van der Waals surface area contributed by atoms with E-state index in [1.807, 2.05) is 0 Å². The largest absolute Gasteiger partial charge is 0.389 e. The number of rotatable bonds is 5. The molecule has 0 unspecified atom stereocenters. The lowest BCUT2D eigenvalue weighted by Gasteiger charge is -2.22. The first-order valence-electron chi connectivity index (χ1n) is 6.46. The predicted molar refractivity (Wildman–Crippen MR) is 81.1 cm³/mol. The average molecular weight is 314 g/mol. The summed E-state index contributed by atoms with van der Waals surface area (Å²) in [5.74, 6) is 0.342. The summed E-state index contributed by atoms with van der Waals surface area (Å²) in [6, 6.07) is 6.26. The molecule has 20 heavy (non-hydrogen) atoms. The number of ether oxygens (including phenoxy) is 1. The van der Waals surface area contributed by atoms with Crippen LogP contribution in [0.15, 0.2) is 29.2 Å². The Kier molecular flexibility index (Phi) is 5.09. The highest BCUT2D eigenvalue weighted by Gasteiger charge is 2.19. The van der Waals surface area contributed by atoms with Crippen LogP contribution < -0.4 is 10.5 Å². The van der Waals surface area contributed by atoms with Gasteiger partial charge in [-0.1, -0.05) is 24.4 Å². The summed E-state index contributed by atoms with van der Waals surface area (Å²) in [6.45, 7) is 1.85. The van der Waals surface area contributed by atoms with Crippen LogP contribution in [0.1, 0.15) is 18.4 Å². The van der Waals surface area contributed by atoms with Gasteiger partial charge in [-0.15, -0.1) is 0 Å². The normalized spacial score (nSPS) is 17.0. The first-order valence-corrected chi connectivity index (χ1v) is 8.35. The SMILES string of the molecule is NC(=S)c1ccc(S(=O)(=O)NCC2CCOCC2)cc1. The molecule has 1 saturated heterocycles. The molecule has 0 aromatic heterocycles. The summed E-state index contributed by atoms with van der Waals surface area (Å²) in [7, 11) is -3.48. The molecule has 1 aliphatic heterocycles. The molecule has 0 radical (unpaired) electrons. The van der Waals surface area contributed by atoms with Crippen LogP contribution in [0.5, 0.6) is 0 Å². The number of nitrogens with two attached hydrogens (primary N) is 1. The zero-order chi connectivity index (χ0) is 14.6. The molecule has 0 bridgehead atoms. The zero-order valence-electron chi connectivity index (χ0n) is 11.0. The van der Waals surface area contributed by atoms with Crippen molar-refractivity contribution >= 4 is 27.2 Å². The van der Waals surface area contributed by atoms with E-state index in [9.17, 15) is 8.42 Å². The molecule has 1 fully saturated rings. The topological polar surface area (TPSA) is 81.4 Å². The number of benzene rings is 1. The molecule has 0 saturated carbocycles. The Morgan fingerprint density at radius 1 is 1.30 bits per heavy atom. The number of sulfonamides is 1. The van der Waals surface area contributed by atoms with Gasteiger partial charge in [-0.3, -0.25) is 0 Å². The number of hydrogen-bond donors (Lipinski definition) is 2. The third kappa shape index (κ3) is 3.99. The minimum Gasteiger partial charge on any atom is -0.389 e. The maximum Gasteiger partial charge on any atom is 0.240 e. The Balaban J connectivity index is 2.00. The third-order valence-corrected chi connectivity index (χ3v) is 5.03. The van der Waals surface area contributed by atoms with Crippen LogP contribution in [0, 0.1) is 5.92 Å². The minimum atomic E-state index is -3.48. The fraction of sp³-hybridized carbons (Fsp3) is 0.462. The van der Waals surface area contributed by atoms with Gasteiger partial charge in [0.15, 0.2) is 0 Å². The van der Waals surface area contributed by atoms with E-state index >= 15 is 0 Å². The van der Waals surface area contributed by atoms with Gasteiger partial charge >= 0.3 is 0 Å². The van der Waals surface area contributed by atoms with Crippen molar-refractivity contribution in [3.8, 4) is 0 Å². The van der Waals surface area contributed by atoms with Gasteiger partial charge in [0, 0.05) is 25.3 Å². The first-order chi connectivity index (χ1) is 9.49. The monoisotopic (exact) mass is 314 g/mol. The van der Waals surface area contributed by atoms with Crippen molar-refractivity contribution in [3.05, 3.63) is 29.8 Å².